The fourth-order valence-corrected chi connectivity index (χ4v) is 3.63. The second kappa shape index (κ2) is 8.87. The summed E-state index contributed by atoms with van der Waals surface area (Å²) in [7, 11) is 0. The molecular formula is C26H22N4Pt. The molecule has 0 bridgehead atoms. The van der Waals surface area contributed by atoms with Gasteiger partial charge in [0.2, 0.25) is 0 Å². The van der Waals surface area contributed by atoms with E-state index in [4.69, 9.17) is 0 Å². The normalized spacial score (nSPS) is 11.7. The third-order valence-corrected chi connectivity index (χ3v) is 5.40. The Morgan fingerprint density at radius 1 is 0.710 bits per heavy atom. The summed E-state index contributed by atoms with van der Waals surface area (Å²) in [5.74, 6) is 0. The van der Waals surface area contributed by atoms with Crippen LogP contribution < -0.4 is 0 Å². The van der Waals surface area contributed by atoms with E-state index in [2.05, 4.69) is 94.1 Å². The van der Waals surface area contributed by atoms with Crippen molar-refractivity contribution in [1.29, 1.82) is 0 Å². The van der Waals surface area contributed by atoms with Crippen LogP contribution in [0.1, 0.15) is 22.3 Å². The van der Waals surface area contributed by atoms with Gasteiger partial charge in [0, 0.05) is 12.7 Å². The summed E-state index contributed by atoms with van der Waals surface area (Å²) in [5.41, 5.74) is 6.99. The van der Waals surface area contributed by atoms with Crippen molar-refractivity contribution >= 4 is 24.6 Å². The minimum absolute atomic E-state index is 0. The van der Waals surface area contributed by atoms with Crippen molar-refractivity contribution in [2.24, 2.45) is 0 Å². The van der Waals surface area contributed by atoms with Crippen molar-refractivity contribution < 1.29 is 21.1 Å². The van der Waals surface area contributed by atoms with Gasteiger partial charge in [-0.1, -0.05) is 23.5 Å². The second-order valence-electron chi connectivity index (χ2n) is 7.36. The summed E-state index contributed by atoms with van der Waals surface area (Å²) in [6.07, 6.45) is 16.7. The molecule has 5 rings (SSSR count). The monoisotopic (exact) mass is 585 g/mol. The van der Waals surface area contributed by atoms with Gasteiger partial charge in [0.1, 0.15) is 0 Å². The molecule has 4 nitrogen and oxygen atoms in total. The molecule has 3 heterocycles. The molecule has 3 aliphatic heterocycles. The number of benzene rings is 2. The predicted octanol–water partition coefficient (Wildman–Crippen LogP) is 5.78. The summed E-state index contributed by atoms with van der Waals surface area (Å²) in [5, 5.41) is 0. The molecule has 0 atom stereocenters. The zero-order chi connectivity index (χ0) is 20.5. The van der Waals surface area contributed by atoms with Gasteiger partial charge < -0.3 is 18.5 Å². The fourth-order valence-electron chi connectivity index (χ4n) is 3.63. The van der Waals surface area contributed by atoms with Gasteiger partial charge in [-0.3, -0.25) is 0 Å². The largest absolute Gasteiger partial charge is 4.00 e. The molecule has 0 aliphatic carbocycles. The molecule has 0 amide bonds. The summed E-state index contributed by atoms with van der Waals surface area (Å²) in [6.45, 7) is 4.35. The molecule has 0 spiro atoms. The Morgan fingerprint density at radius 3 is 1.55 bits per heavy atom. The van der Waals surface area contributed by atoms with Crippen LogP contribution in [-0.4, -0.2) is 18.5 Å². The van der Waals surface area contributed by atoms with Crippen molar-refractivity contribution in [3.8, 4) is 11.4 Å². The summed E-state index contributed by atoms with van der Waals surface area (Å²) < 4.78 is 8.52. The molecule has 31 heavy (non-hydrogen) atoms. The van der Waals surface area contributed by atoms with E-state index in [9.17, 15) is 0 Å². The quantitative estimate of drug-likeness (QED) is 0.239. The van der Waals surface area contributed by atoms with Crippen molar-refractivity contribution in [2.45, 2.75) is 13.8 Å². The van der Waals surface area contributed by atoms with Crippen LogP contribution in [0.2, 0.25) is 0 Å². The average molecular weight is 586 g/mol. The number of hydrogen-bond donors (Lipinski definition) is 0. The Balaban J connectivity index is 0.00000231. The van der Waals surface area contributed by atoms with Gasteiger partial charge in [-0.2, -0.15) is 23.3 Å². The number of nitrogens with zero attached hydrogens (tertiary/aromatic N) is 4. The first-order valence-electron chi connectivity index (χ1n) is 9.94. The molecule has 0 fully saturated rings. The van der Waals surface area contributed by atoms with E-state index in [1.165, 1.54) is 22.5 Å². The summed E-state index contributed by atoms with van der Waals surface area (Å²) in [4.78, 5) is 0. The summed E-state index contributed by atoms with van der Waals surface area (Å²) >= 11 is 0. The second-order valence-corrected chi connectivity index (χ2v) is 7.36. The molecule has 0 saturated heterocycles. The molecule has 2 aromatic carbocycles. The molecule has 0 saturated carbocycles. The first-order chi connectivity index (χ1) is 14.7. The van der Waals surface area contributed by atoms with Crippen molar-refractivity contribution in [2.75, 3.05) is 0 Å². The van der Waals surface area contributed by atoms with Crippen molar-refractivity contribution in [1.82, 2.24) is 18.5 Å². The van der Waals surface area contributed by atoms with Crippen LogP contribution in [0.3, 0.4) is 0 Å². The number of rotatable bonds is 4. The molecule has 2 aromatic rings. The minimum atomic E-state index is 0. The molecule has 5 heteroatoms. The Labute approximate surface area is 196 Å². The molecule has 3 aliphatic rings. The van der Waals surface area contributed by atoms with Crippen LogP contribution in [0.15, 0.2) is 73.6 Å². The molecule has 0 unspecified atom stereocenters. The van der Waals surface area contributed by atoms with Gasteiger partial charge in [-0.25, -0.2) is 0 Å². The van der Waals surface area contributed by atoms with Gasteiger partial charge in [0.25, 0.3) is 0 Å². The SMILES string of the molecule is Cc1c2cn(C=Cc3[c-]cccc3)[cH-]n-2n2[cH-]n(C=Cc3[c-]cccc3)cc-2c1C.[Pt+4]. The zero-order valence-electron chi connectivity index (χ0n) is 17.3. The fraction of sp³-hybridized carbons (Fsp3) is 0.0769. The van der Waals surface area contributed by atoms with Crippen molar-refractivity contribution in [3.05, 3.63) is 108 Å². The number of aromatic nitrogens is 4. The third-order valence-electron chi connectivity index (χ3n) is 5.40. The minimum Gasteiger partial charge on any atom is -0.447 e. The van der Waals surface area contributed by atoms with E-state index in [-0.39, 0.29) is 21.1 Å². The van der Waals surface area contributed by atoms with E-state index in [0.717, 1.165) is 11.1 Å². The van der Waals surface area contributed by atoms with E-state index >= 15 is 0 Å². The smallest absolute Gasteiger partial charge is 0.447 e. The van der Waals surface area contributed by atoms with Crippen LogP contribution in [0.25, 0.3) is 35.9 Å². The topological polar surface area (TPSA) is 19.7 Å². The van der Waals surface area contributed by atoms with Crippen molar-refractivity contribution in [3.63, 3.8) is 0 Å². The van der Waals surface area contributed by atoms with Gasteiger partial charge in [-0.15, -0.1) is 73.1 Å². The zero-order valence-corrected chi connectivity index (χ0v) is 19.6. The number of hydrogen-bond acceptors (Lipinski definition) is 0. The van der Waals surface area contributed by atoms with Crippen LogP contribution in [-0.2, 0) is 21.1 Å². The summed E-state index contributed by atoms with van der Waals surface area (Å²) in [6, 6.07) is 22.4. The molecular weight excluding hydrogens is 563 g/mol. The standard InChI is InChI=1S/C26H22N4.Pt/c1-21-22(2)26-18-28(16-14-24-11-7-4-8-12-24)20-30(26)29-19-27(17-25(21)29)15-13-23-9-5-3-6-10-23;/h3-9,11,13-20H,1-2H3;/q-4;+4. The van der Waals surface area contributed by atoms with Crippen LogP contribution in [0, 0.1) is 26.0 Å². The number of fused-ring (bicyclic) bond motifs is 3. The third kappa shape index (κ3) is 4.17. The molecule has 0 aromatic heterocycles. The van der Waals surface area contributed by atoms with Gasteiger partial charge in [0.05, 0.1) is 0 Å². The maximum Gasteiger partial charge on any atom is 4.00 e. The molecule has 0 N–H and O–H groups in total. The first kappa shape index (κ1) is 21.0. The Morgan fingerprint density at radius 2 is 1.16 bits per heavy atom. The van der Waals surface area contributed by atoms with Gasteiger partial charge in [-0.05, 0) is 25.2 Å². The van der Waals surface area contributed by atoms with E-state index in [1.807, 2.05) is 48.5 Å². The number of imidazole rings is 2. The maximum absolute atomic E-state index is 3.23. The van der Waals surface area contributed by atoms with Gasteiger partial charge in [0.15, 0.2) is 0 Å². The van der Waals surface area contributed by atoms with Crippen LogP contribution >= 0.6 is 0 Å². The predicted molar refractivity (Wildman–Crippen MR) is 123 cm³/mol. The molecule has 0 radical (unpaired) electrons. The maximum atomic E-state index is 3.23. The van der Waals surface area contributed by atoms with E-state index in [0.29, 0.717) is 0 Å². The van der Waals surface area contributed by atoms with E-state index < -0.39 is 0 Å². The Hall–Kier alpha value is -3.23. The Kier molecular flexibility index (Phi) is 6.01. The first-order valence-corrected chi connectivity index (χ1v) is 9.94. The molecule has 156 valence electrons. The van der Waals surface area contributed by atoms with Crippen LogP contribution in [0.5, 0.6) is 0 Å². The average Bonchev–Trinajstić information content (AvgIpc) is 3.41. The van der Waals surface area contributed by atoms with Crippen LogP contribution in [0.4, 0.5) is 0 Å². The Bertz CT molecular complexity index is 1190. The van der Waals surface area contributed by atoms with E-state index in [1.54, 1.807) is 0 Å². The van der Waals surface area contributed by atoms with Gasteiger partial charge >= 0.3 is 21.1 Å².